The quantitative estimate of drug-likeness (QED) is 0.920. The average molecular weight is 279 g/mol. The molecule has 0 radical (unpaired) electrons. The molecule has 0 spiro atoms. The number of benzene rings is 1. The molecule has 2 atom stereocenters. The van der Waals surface area contributed by atoms with Gasteiger partial charge in [-0.2, -0.15) is 0 Å². The van der Waals surface area contributed by atoms with Gasteiger partial charge in [0.05, 0.1) is 0 Å². The van der Waals surface area contributed by atoms with E-state index in [2.05, 4.69) is 0 Å². The first-order chi connectivity index (χ1) is 9.50. The van der Waals surface area contributed by atoms with E-state index >= 15 is 0 Å². The predicted octanol–water partition coefficient (Wildman–Crippen LogP) is 2.39. The van der Waals surface area contributed by atoms with Crippen LogP contribution in [0.25, 0.3) is 0 Å². The van der Waals surface area contributed by atoms with Crippen molar-refractivity contribution in [1.82, 2.24) is 4.90 Å². The maximum Gasteiger partial charge on any atom is 0.326 e. The standard InChI is InChI=1S/C15H18FNO3/c1-10(11-5-2-3-6-12(11)16)9-14(18)17-8-4-7-13(17)15(19)20/h2-3,5-6,10,13H,4,7-9H2,1H3,(H,19,20). The van der Waals surface area contributed by atoms with Crippen molar-refractivity contribution in [2.75, 3.05) is 6.54 Å². The molecule has 1 N–H and O–H groups in total. The molecule has 1 aromatic carbocycles. The lowest BCUT2D eigenvalue weighted by molar-refractivity contribution is -0.148. The summed E-state index contributed by atoms with van der Waals surface area (Å²) in [5.41, 5.74) is 0.493. The van der Waals surface area contributed by atoms with Crippen molar-refractivity contribution in [2.45, 2.75) is 38.1 Å². The minimum Gasteiger partial charge on any atom is -0.480 e. The number of halogens is 1. The number of carbonyl (C=O) groups is 2. The molecule has 4 nitrogen and oxygen atoms in total. The van der Waals surface area contributed by atoms with Crippen molar-refractivity contribution in [2.24, 2.45) is 0 Å². The van der Waals surface area contributed by atoms with Crippen LogP contribution in [0, 0.1) is 5.82 Å². The summed E-state index contributed by atoms with van der Waals surface area (Å²) in [6.45, 7) is 2.25. The van der Waals surface area contributed by atoms with Crippen LogP contribution >= 0.6 is 0 Å². The molecule has 1 fully saturated rings. The van der Waals surface area contributed by atoms with Crippen LogP contribution in [-0.2, 0) is 9.59 Å². The number of carboxylic acids is 1. The number of carboxylic acid groups (broad SMARTS) is 1. The van der Waals surface area contributed by atoms with E-state index in [1.807, 2.05) is 0 Å². The van der Waals surface area contributed by atoms with E-state index in [0.717, 1.165) is 0 Å². The minimum absolute atomic E-state index is 0.130. The summed E-state index contributed by atoms with van der Waals surface area (Å²) in [4.78, 5) is 24.7. The number of nitrogens with zero attached hydrogens (tertiary/aromatic N) is 1. The molecule has 1 heterocycles. The molecule has 0 aliphatic carbocycles. The third kappa shape index (κ3) is 2.98. The third-order valence-electron chi connectivity index (χ3n) is 3.78. The number of rotatable bonds is 4. The van der Waals surface area contributed by atoms with Crippen molar-refractivity contribution < 1.29 is 19.1 Å². The molecule has 2 rings (SSSR count). The molecule has 0 aromatic heterocycles. The lowest BCUT2D eigenvalue weighted by Crippen LogP contribution is -2.40. The third-order valence-corrected chi connectivity index (χ3v) is 3.78. The van der Waals surface area contributed by atoms with Gasteiger partial charge in [0.15, 0.2) is 0 Å². The highest BCUT2D eigenvalue weighted by Gasteiger charge is 2.34. The predicted molar refractivity (Wildman–Crippen MR) is 71.8 cm³/mol. The second-order valence-corrected chi connectivity index (χ2v) is 5.21. The molecule has 1 aliphatic rings. The second kappa shape index (κ2) is 6.03. The molecule has 0 saturated carbocycles. The molecule has 20 heavy (non-hydrogen) atoms. The van der Waals surface area contributed by atoms with E-state index in [0.29, 0.717) is 24.9 Å². The SMILES string of the molecule is CC(CC(=O)N1CCCC1C(=O)O)c1ccccc1F. The number of carbonyl (C=O) groups excluding carboxylic acids is 1. The zero-order chi connectivity index (χ0) is 14.7. The summed E-state index contributed by atoms with van der Waals surface area (Å²) in [7, 11) is 0. The Kier molecular flexibility index (Phi) is 4.37. The molecule has 0 bridgehead atoms. The lowest BCUT2D eigenvalue weighted by atomic mass is 9.96. The Bertz CT molecular complexity index is 518. The molecular weight excluding hydrogens is 261 g/mol. The summed E-state index contributed by atoms with van der Waals surface area (Å²) >= 11 is 0. The lowest BCUT2D eigenvalue weighted by Gasteiger charge is -2.23. The summed E-state index contributed by atoms with van der Waals surface area (Å²) < 4.78 is 13.7. The Labute approximate surface area is 117 Å². The van der Waals surface area contributed by atoms with Gasteiger partial charge in [-0.05, 0) is 30.4 Å². The van der Waals surface area contributed by atoms with Crippen molar-refractivity contribution in [3.8, 4) is 0 Å². The van der Waals surface area contributed by atoms with Gasteiger partial charge in [-0.25, -0.2) is 9.18 Å². The normalized spacial score (nSPS) is 19.9. The van der Waals surface area contributed by atoms with Gasteiger partial charge in [0.2, 0.25) is 5.91 Å². The van der Waals surface area contributed by atoms with E-state index in [1.165, 1.54) is 11.0 Å². The first-order valence-electron chi connectivity index (χ1n) is 6.77. The monoisotopic (exact) mass is 279 g/mol. The van der Waals surface area contributed by atoms with Crippen molar-refractivity contribution in [1.29, 1.82) is 0 Å². The van der Waals surface area contributed by atoms with Gasteiger partial charge >= 0.3 is 5.97 Å². The van der Waals surface area contributed by atoms with Crippen LogP contribution in [0.4, 0.5) is 4.39 Å². The fraction of sp³-hybridized carbons (Fsp3) is 0.467. The highest BCUT2D eigenvalue weighted by Crippen LogP contribution is 2.25. The summed E-state index contributed by atoms with van der Waals surface area (Å²) in [6, 6.07) is 5.64. The molecule has 5 heteroatoms. The van der Waals surface area contributed by atoms with Crippen LogP contribution in [0.2, 0.25) is 0 Å². The maximum atomic E-state index is 13.7. The van der Waals surface area contributed by atoms with Crippen LogP contribution in [0.3, 0.4) is 0 Å². The van der Waals surface area contributed by atoms with Gasteiger partial charge in [-0.1, -0.05) is 25.1 Å². The minimum atomic E-state index is -0.964. The first kappa shape index (κ1) is 14.5. The number of hydrogen-bond donors (Lipinski definition) is 1. The number of aliphatic carboxylic acids is 1. The number of amides is 1. The summed E-state index contributed by atoms with van der Waals surface area (Å²) in [5, 5.41) is 9.07. The van der Waals surface area contributed by atoms with Gasteiger partial charge in [0, 0.05) is 13.0 Å². The molecule has 108 valence electrons. The number of hydrogen-bond acceptors (Lipinski definition) is 2. The number of likely N-dealkylation sites (tertiary alicyclic amines) is 1. The topological polar surface area (TPSA) is 57.6 Å². The zero-order valence-electron chi connectivity index (χ0n) is 11.4. The van der Waals surface area contributed by atoms with Crippen molar-refractivity contribution in [3.05, 3.63) is 35.6 Å². The van der Waals surface area contributed by atoms with E-state index in [4.69, 9.17) is 5.11 Å². The molecule has 1 saturated heterocycles. The highest BCUT2D eigenvalue weighted by atomic mass is 19.1. The Morgan fingerprint density at radius 2 is 2.15 bits per heavy atom. The van der Waals surface area contributed by atoms with E-state index in [1.54, 1.807) is 25.1 Å². The van der Waals surface area contributed by atoms with Gasteiger partial charge in [0.1, 0.15) is 11.9 Å². The fourth-order valence-corrected chi connectivity index (χ4v) is 2.69. The van der Waals surface area contributed by atoms with Crippen LogP contribution in [0.5, 0.6) is 0 Å². The van der Waals surface area contributed by atoms with Gasteiger partial charge in [-0.3, -0.25) is 4.79 Å². The van der Waals surface area contributed by atoms with E-state index in [9.17, 15) is 14.0 Å². The molecule has 1 aromatic rings. The average Bonchev–Trinajstić information content (AvgIpc) is 2.88. The van der Waals surface area contributed by atoms with Gasteiger partial charge in [0.25, 0.3) is 0 Å². The maximum absolute atomic E-state index is 13.7. The molecule has 1 amide bonds. The largest absolute Gasteiger partial charge is 0.480 e. The fourth-order valence-electron chi connectivity index (χ4n) is 2.69. The summed E-state index contributed by atoms with van der Waals surface area (Å²) in [5.74, 6) is -1.78. The smallest absolute Gasteiger partial charge is 0.326 e. The zero-order valence-corrected chi connectivity index (χ0v) is 11.4. The molecule has 1 aliphatic heterocycles. The van der Waals surface area contributed by atoms with Crippen molar-refractivity contribution in [3.63, 3.8) is 0 Å². The van der Waals surface area contributed by atoms with E-state index < -0.39 is 12.0 Å². The Morgan fingerprint density at radius 3 is 2.80 bits per heavy atom. The van der Waals surface area contributed by atoms with Crippen molar-refractivity contribution >= 4 is 11.9 Å². The van der Waals surface area contributed by atoms with Crippen LogP contribution in [0.1, 0.15) is 37.7 Å². The second-order valence-electron chi connectivity index (χ2n) is 5.21. The summed E-state index contributed by atoms with van der Waals surface area (Å²) in [6.07, 6.45) is 1.33. The van der Waals surface area contributed by atoms with Gasteiger partial charge < -0.3 is 10.0 Å². The highest BCUT2D eigenvalue weighted by molar-refractivity contribution is 5.84. The first-order valence-corrected chi connectivity index (χ1v) is 6.77. The van der Waals surface area contributed by atoms with Crippen LogP contribution in [0.15, 0.2) is 24.3 Å². The Morgan fingerprint density at radius 1 is 1.45 bits per heavy atom. The molecule has 2 unspecified atom stereocenters. The Balaban J connectivity index is 2.04. The van der Waals surface area contributed by atoms with Crippen LogP contribution in [-0.4, -0.2) is 34.5 Å². The van der Waals surface area contributed by atoms with E-state index in [-0.39, 0.29) is 24.1 Å². The van der Waals surface area contributed by atoms with Crippen LogP contribution < -0.4 is 0 Å². The Hall–Kier alpha value is -1.91. The molecular formula is C15H18FNO3. The van der Waals surface area contributed by atoms with Gasteiger partial charge in [-0.15, -0.1) is 0 Å².